The summed E-state index contributed by atoms with van der Waals surface area (Å²) in [5.74, 6) is -16.6. The van der Waals surface area contributed by atoms with Crippen LogP contribution in [0.3, 0.4) is 0 Å². The van der Waals surface area contributed by atoms with E-state index in [4.69, 9.17) is 0 Å². The molecule has 0 fully saturated rings. The molecular weight excluding hydrogens is 446 g/mol. The molecule has 2 heterocycles. The van der Waals surface area contributed by atoms with Crippen LogP contribution in [0.2, 0.25) is 0 Å². The van der Waals surface area contributed by atoms with Crippen molar-refractivity contribution in [1.29, 1.82) is 0 Å². The highest BCUT2D eigenvalue weighted by atomic mass is 32.3. The van der Waals surface area contributed by atoms with Crippen LogP contribution in [0.5, 0.6) is 0 Å². The van der Waals surface area contributed by atoms with Gasteiger partial charge in [0.25, 0.3) is 0 Å². The van der Waals surface area contributed by atoms with Gasteiger partial charge >= 0.3 is 17.8 Å². The smallest absolute Gasteiger partial charge is 0.291 e. The van der Waals surface area contributed by atoms with E-state index in [0.717, 1.165) is 39.8 Å². The molecule has 0 bridgehead atoms. The number of allylic oxidation sites excluding steroid dienone is 10. The van der Waals surface area contributed by atoms with Crippen LogP contribution in [0, 0.1) is 0 Å². The summed E-state index contributed by atoms with van der Waals surface area (Å²) >= 11 is 0. The van der Waals surface area contributed by atoms with Crippen LogP contribution in [0.15, 0.2) is 54.1 Å². The van der Waals surface area contributed by atoms with Crippen molar-refractivity contribution in [3.05, 3.63) is 54.1 Å². The molecule has 164 valence electrons. The van der Waals surface area contributed by atoms with Gasteiger partial charge in [-0.2, -0.15) is 26.3 Å². The Labute approximate surface area is 165 Å². The molecule has 12 heteroatoms. The molecule has 0 aromatic heterocycles. The Morgan fingerprint density at radius 1 is 0.621 bits per heavy atom. The zero-order valence-corrected chi connectivity index (χ0v) is 17.2. The van der Waals surface area contributed by atoms with Crippen molar-refractivity contribution in [2.75, 3.05) is 0 Å². The van der Waals surface area contributed by atoms with E-state index >= 15 is 0 Å². The normalized spacial score (nSPS) is 31.2. The number of halogens is 6. The standard InChI is InChI=1S/C17H18F6O4S2/c1-7-5-11(9(3)28(7,24)25)13-14(12-6-8(2)29(26,27)10(12)4)16(20,21)17(22,23)15(13,18)19/h5-6,24-27H,1-4H3. The third kappa shape index (κ3) is 2.53. The lowest BCUT2D eigenvalue weighted by atomic mass is 9.93. The van der Waals surface area contributed by atoms with E-state index in [1.807, 2.05) is 0 Å². The highest BCUT2D eigenvalue weighted by Crippen LogP contribution is 2.70. The van der Waals surface area contributed by atoms with Gasteiger partial charge in [0.2, 0.25) is 0 Å². The minimum atomic E-state index is -5.83. The second kappa shape index (κ2) is 5.95. The molecule has 0 radical (unpaired) electrons. The highest BCUT2D eigenvalue weighted by Gasteiger charge is 2.81. The summed E-state index contributed by atoms with van der Waals surface area (Å²) in [4.78, 5) is -1.56. The van der Waals surface area contributed by atoms with E-state index in [2.05, 4.69) is 0 Å². The molecule has 4 N–H and O–H groups in total. The van der Waals surface area contributed by atoms with Crippen molar-refractivity contribution < 1.29 is 44.6 Å². The van der Waals surface area contributed by atoms with Gasteiger partial charge in [0.1, 0.15) is 0 Å². The topological polar surface area (TPSA) is 80.9 Å². The Bertz CT molecular complexity index is 910. The van der Waals surface area contributed by atoms with Gasteiger partial charge in [-0.3, -0.25) is 18.2 Å². The molecule has 0 saturated carbocycles. The molecule has 2 aliphatic heterocycles. The van der Waals surface area contributed by atoms with E-state index in [9.17, 15) is 44.6 Å². The van der Waals surface area contributed by atoms with Crippen LogP contribution in [0.4, 0.5) is 26.3 Å². The number of rotatable bonds is 2. The molecule has 4 nitrogen and oxygen atoms in total. The molecule has 0 atom stereocenters. The van der Waals surface area contributed by atoms with Crippen LogP contribution < -0.4 is 0 Å². The average molecular weight is 464 g/mol. The molecule has 0 unspecified atom stereocenters. The van der Waals surface area contributed by atoms with Crippen LogP contribution >= 0.6 is 21.2 Å². The quantitative estimate of drug-likeness (QED) is 0.329. The summed E-state index contributed by atoms with van der Waals surface area (Å²) in [5, 5.41) is 0. The predicted molar refractivity (Wildman–Crippen MR) is 100 cm³/mol. The van der Waals surface area contributed by atoms with E-state index in [0.29, 0.717) is 0 Å². The SMILES string of the molecule is CC1=CC(C2=C(C3=C(C)S(O)(O)C(C)=C3)C(F)(F)C(F)(F)C2(F)F)=C(C)S1(O)O. The molecule has 1 aliphatic carbocycles. The maximum absolute atomic E-state index is 14.7. The summed E-state index contributed by atoms with van der Waals surface area (Å²) in [6, 6.07) is 0. The molecule has 3 aliphatic rings. The van der Waals surface area contributed by atoms with Crippen molar-refractivity contribution in [2.45, 2.75) is 45.5 Å². The van der Waals surface area contributed by atoms with E-state index in [1.165, 1.54) is 0 Å². The van der Waals surface area contributed by atoms with Crippen molar-refractivity contribution in [2.24, 2.45) is 0 Å². The molecular formula is C17H18F6O4S2. The third-order valence-electron chi connectivity index (χ3n) is 5.41. The summed E-state index contributed by atoms with van der Waals surface area (Å²) in [5.41, 5.74) is -5.15. The predicted octanol–water partition coefficient (Wildman–Crippen LogP) is 7.09. The maximum Gasteiger partial charge on any atom is 0.380 e. The lowest BCUT2D eigenvalue weighted by Gasteiger charge is -2.31. The first kappa shape index (κ1) is 22.5. The van der Waals surface area contributed by atoms with Gasteiger partial charge in [0.15, 0.2) is 0 Å². The minimum Gasteiger partial charge on any atom is -0.291 e. The summed E-state index contributed by atoms with van der Waals surface area (Å²) in [7, 11) is -7.50. The number of hydrogen-bond acceptors (Lipinski definition) is 4. The second-order valence-corrected chi connectivity index (χ2v) is 11.7. The van der Waals surface area contributed by atoms with Crippen LogP contribution in [0.25, 0.3) is 0 Å². The molecule has 0 aromatic rings. The highest BCUT2D eigenvalue weighted by molar-refractivity contribution is 8.31. The van der Waals surface area contributed by atoms with Crippen LogP contribution in [-0.4, -0.2) is 36.0 Å². The average Bonchev–Trinajstić information content (AvgIpc) is 2.94. The Kier molecular flexibility index (Phi) is 4.62. The largest absolute Gasteiger partial charge is 0.380 e. The van der Waals surface area contributed by atoms with Crippen molar-refractivity contribution >= 4 is 21.2 Å². The molecule has 0 spiro atoms. The zero-order chi connectivity index (χ0) is 22.5. The Morgan fingerprint density at radius 2 is 0.897 bits per heavy atom. The van der Waals surface area contributed by atoms with Gasteiger partial charge < -0.3 is 0 Å². The summed E-state index contributed by atoms with van der Waals surface area (Å²) in [6.07, 6.45) is 1.54. The van der Waals surface area contributed by atoms with Gasteiger partial charge in [-0.1, -0.05) is 0 Å². The fraction of sp³-hybridized carbons (Fsp3) is 0.412. The summed E-state index contributed by atoms with van der Waals surface area (Å²) in [6.45, 7) is 4.27. The van der Waals surface area contributed by atoms with Crippen LogP contribution in [0.1, 0.15) is 27.7 Å². The maximum atomic E-state index is 14.7. The Hall–Kier alpha value is -1.18. The molecule has 29 heavy (non-hydrogen) atoms. The lowest BCUT2D eigenvalue weighted by Crippen LogP contribution is -2.49. The molecule has 0 amide bonds. The monoisotopic (exact) mass is 464 g/mol. The van der Waals surface area contributed by atoms with Gasteiger partial charge in [-0.15, -0.1) is 21.2 Å². The lowest BCUT2D eigenvalue weighted by molar-refractivity contribution is -0.263. The van der Waals surface area contributed by atoms with E-state index in [1.54, 1.807) is 0 Å². The Balaban J connectivity index is 2.49. The fourth-order valence-corrected chi connectivity index (χ4v) is 5.96. The molecule has 0 aromatic carbocycles. The van der Waals surface area contributed by atoms with Crippen LogP contribution in [-0.2, 0) is 0 Å². The van der Waals surface area contributed by atoms with Gasteiger partial charge in [0, 0.05) is 41.9 Å². The Morgan fingerprint density at radius 3 is 1.10 bits per heavy atom. The first-order chi connectivity index (χ1) is 12.8. The first-order valence-corrected chi connectivity index (χ1v) is 11.2. The van der Waals surface area contributed by atoms with E-state index < -0.39 is 71.0 Å². The molecule has 0 saturated heterocycles. The zero-order valence-electron chi connectivity index (χ0n) is 15.5. The van der Waals surface area contributed by atoms with Gasteiger partial charge in [-0.05, 0) is 39.8 Å². The first-order valence-electron chi connectivity index (χ1n) is 8.09. The van der Waals surface area contributed by atoms with Gasteiger partial charge in [0.05, 0.1) is 0 Å². The second-order valence-electron chi connectivity index (χ2n) is 7.02. The van der Waals surface area contributed by atoms with E-state index in [-0.39, 0.29) is 9.81 Å². The molecule has 3 rings (SSSR count). The fourth-order valence-electron chi connectivity index (χ4n) is 3.49. The number of hydrogen-bond donors (Lipinski definition) is 4. The summed E-state index contributed by atoms with van der Waals surface area (Å²) < 4.78 is 128. The minimum absolute atomic E-state index is 0.237. The number of alkyl halides is 6. The van der Waals surface area contributed by atoms with Crippen molar-refractivity contribution in [1.82, 2.24) is 0 Å². The van der Waals surface area contributed by atoms with Gasteiger partial charge in [-0.25, -0.2) is 0 Å². The third-order valence-corrected chi connectivity index (χ3v) is 9.59. The van der Waals surface area contributed by atoms with Crippen molar-refractivity contribution in [3.8, 4) is 0 Å². The van der Waals surface area contributed by atoms with Crippen molar-refractivity contribution in [3.63, 3.8) is 0 Å².